The summed E-state index contributed by atoms with van der Waals surface area (Å²) in [5.41, 5.74) is 4.13. The zero-order chi connectivity index (χ0) is 39.8. The van der Waals surface area contributed by atoms with Crippen molar-refractivity contribution in [3.05, 3.63) is 107 Å². The van der Waals surface area contributed by atoms with Crippen molar-refractivity contribution in [2.75, 3.05) is 13.7 Å². The second kappa shape index (κ2) is 18.8. The van der Waals surface area contributed by atoms with E-state index >= 15 is 0 Å². The van der Waals surface area contributed by atoms with Gasteiger partial charge < -0.3 is 35.3 Å². The lowest BCUT2D eigenvalue weighted by Crippen LogP contribution is -2.61. The highest BCUT2D eigenvalue weighted by molar-refractivity contribution is 5.84. The Kier molecular flexibility index (Phi) is 13.9. The largest absolute Gasteiger partial charge is 0.467 e. The summed E-state index contributed by atoms with van der Waals surface area (Å²) < 4.78 is 18.6. The number of urea groups is 1. The molecule has 0 spiro atoms. The first kappa shape index (κ1) is 41.3. The van der Waals surface area contributed by atoms with Gasteiger partial charge in [0.1, 0.15) is 6.04 Å². The fraction of sp³-hybridized carbons (Fsp3) is 0.533. The number of benzene rings is 3. The molecule has 1 saturated carbocycles. The van der Waals surface area contributed by atoms with Crippen LogP contribution in [0.4, 0.5) is 4.79 Å². The third-order valence-electron chi connectivity index (χ3n) is 11.6. The molecule has 56 heavy (non-hydrogen) atoms. The van der Waals surface area contributed by atoms with Crippen molar-refractivity contribution in [2.24, 2.45) is 11.8 Å². The number of methoxy groups -OCH3 is 1. The number of aliphatic hydroxyl groups is 1. The predicted octanol–water partition coefficient (Wildman–Crippen LogP) is 6.49. The van der Waals surface area contributed by atoms with Crippen LogP contribution in [0, 0.1) is 11.8 Å². The van der Waals surface area contributed by atoms with Crippen LogP contribution >= 0.6 is 0 Å². The normalized spacial score (nSPS) is 26.0. The number of piperidine rings is 1. The van der Waals surface area contributed by atoms with Gasteiger partial charge in [-0.1, -0.05) is 98.6 Å². The molecule has 3 fully saturated rings. The molecular weight excluding hydrogens is 709 g/mol. The second-order valence-corrected chi connectivity index (χ2v) is 16.8. The number of hydrogen-bond acceptors (Lipinski definition) is 8. The van der Waals surface area contributed by atoms with E-state index in [4.69, 9.17) is 14.2 Å². The summed E-state index contributed by atoms with van der Waals surface area (Å²) in [6.45, 7) is 9.09. The number of amides is 3. The number of likely N-dealkylation sites (tertiary alicyclic amines) is 1. The van der Waals surface area contributed by atoms with Crippen LogP contribution in [0.3, 0.4) is 0 Å². The van der Waals surface area contributed by atoms with Crippen molar-refractivity contribution in [1.29, 1.82) is 0 Å². The standard InChI is InChI=1S/C45H60N4O7/c1-29-39(27-49-37-14-10-9-13-33(37)23-24-38(49)41(51)48-45(2,3)4)55-43(56-40(29)34-19-17-32(28-50)18-20-34)35-21-15-31(16-22-35)26-46-44(53)47-36(42(52)54-5)25-30-11-7-6-8-12-30/h6-8,11-12,15-22,29,33,36-40,43,50H,9-10,13-14,23-28H2,1-5H3,(H,48,51)(H2,46,47,53)/t29-,33+,36-,37+,38+,39+,40+,43+/m0/s1. The summed E-state index contributed by atoms with van der Waals surface area (Å²) in [6, 6.07) is 24.0. The van der Waals surface area contributed by atoms with Crippen LogP contribution in [-0.2, 0) is 43.4 Å². The highest BCUT2D eigenvalue weighted by atomic mass is 16.7. The average Bonchev–Trinajstić information content (AvgIpc) is 3.20. The first-order valence-electron chi connectivity index (χ1n) is 20.3. The van der Waals surface area contributed by atoms with Crippen molar-refractivity contribution in [3.8, 4) is 0 Å². The quantitative estimate of drug-likeness (QED) is 0.154. The second-order valence-electron chi connectivity index (χ2n) is 16.8. The van der Waals surface area contributed by atoms with Gasteiger partial charge in [0.25, 0.3) is 0 Å². The first-order chi connectivity index (χ1) is 26.9. The van der Waals surface area contributed by atoms with Crippen LogP contribution in [0.1, 0.15) is 106 Å². The molecule has 3 aromatic carbocycles. The zero-order valence-electron chi connectivity index (χ0n) is 33.5. The summed E-state index contributed by atoms with van der Waals surface area (Å²) in [5.74, 6) is 0.121. The third-order valence-corrected chi connectivity index (χ3v) is 11.6. The molecule has 302 valence electrons. The van der Waals surface area contributed by atoms with Crippen LogP contribution < -0.4 is 16.0 Å². The van der Waals surface area contributed by atoms with Crippen LogP contribution in [0.15, 0.2) is 78.9 Å². The number of rotatable bonds is 12. The maximum atomic E-state index is 13.9. The van der Waals surface area contributed by atoms with Gasteiger partial charge in [0.2, 0.25) is 5.91 Å². The summed E-state index contributed by atoms with van der Waals surface area (Å²) in [5, 5.41) is 18.6. The molecule has 0 aromatic heterocycles. The highest BCUT2D eigenvalue weighted by Crippen LogP contribution is 2.44. The van der Waals surface area contributed by atoms with Gasteiger partial charge in [0.15, 0.2) is 6.29 Å². The minimum absolute atomic E-state index is 0.0285. The molecular formula is C45H60N4O7. The van der Waals surface area contributed by atoms with Gasteiger partial charge in [-0.2, -0.15) is 0 Å². The van der Waals surface area contributed by atoms with E-state index in [1.807, 2.05) is 99.6 Å². The van der Waals surface area contributed by atoms with Crippen LogP contribution in [0.5, 0.6) is 0 Å². The lowest BCUT2D eigenvalue weighted by Gasteiger charge is -2.51. The van der Waals surface area contributed by atoms with Crippen molar-refractivity contribution in [1.82, 2.24) is 20.9 Å². The van der Waals surface area contributed by atoms with Crippen molar-refractivity contribution in [2.45, 2.75) is 128 Å². The number of fused-ring (bicyclic) bond motifs is 1. The molecule has 3 aliphatic rings. The first-order valence-corrected chi connectivity index (χ1v) is 20.3. The molecule has 0 unspecified atom stereocenters. The molecule has 2 aliphatic heterocycles. The number of ether oxygens (including phenoxy) is 3. The van der Waals surface area contributed by atoms with E-state index in [-0.39, 0.29) is 48.8 Å². The summed E-state index contributed by atoms with van der Waals surface area (Å²) in [7, 11) is 1.31. The molecule has 3 amide bonds. The van der Waals surface area contributed by atoms with E-state index in [2.05, 4.69) is 27.8 Å². The number of hydrogen-bond donors (Lipinski definition) is 4. The SMILES string of the molecule is COC(=O)[C@H](Cc1ccccc1)NC(=O)NCc1ccc([C@@H]2O[C@H](CN3[C@@H](C(=O)NC(C)(C)C)CC[C@H]4CCCC[C@H]43)[C@H](C)[C@H](c3ccc(CO)cc3)O2)cc1. The third kappa shape index (κ3) is 10.6. The van der Waals surface area contributed by atoms with Crippen LogP contribution in [-0.4, -0.2) is 71.3 Å². The molecule has 4 N–H and O–H groups in total. The van der Waals surface area contributed by atoms with Gasteiger partial charge in [-0.15, -0.1) is 0 Å². The zero-order valence-corrected chi connectivity index (χ0v) is 33.5. The van der Waals surface area contributed by atoms with Gasteiger partial charge in [-0.25, -0.2) is 9.59 Å². The van der Waals surface area contributed by atoms with E-state index in [1.54, 1.807) is 0 Å². The Morgan fingerprint density at radius 2 is 1.54 bits per heavy atom. The predicted molar refractivity (Wildman–Crippen MR) is 214 cm³/mol. The maximum Gasteiger partial charge on any atom is 0.328 e. The molecule has 0 radical (unpaired) electrons. The lowest BCUT2D eigenvalue weighted by molar-refractivity contribution is -0.278. The highest BCUT2D eigenvalue weighted by Gasteiger charge is 2.46. The summed E-state index contributed by atoms with van der Waals surface area (Å²) >= 11 is 0. The van der Waals surface area contributed by atoms with E-state index in [9.17, 15) is 19.5 Å². The van der Waals surface area contributed by atoms with Gasteiger partial charge in [-0.05, 0) is 74.6 Å². The van der Waals surface area contributed by atoms with Crippen molar-refractivity contribution < 1.29 is 33.7 Å². The van der Waals surface area contributed by atoms with Crippen molar-refractivity contribution in [3.63, 3.8) is 0 Å². The maximum absolute atomic E-state index is 13.9. The summed E-state index contributed by atoms with van der Waals surface area (Å²) in [4.78, 5) is 41.7. The minimum atomic E-state index is -0.828. The van der Waals surface area contributed by atoms with Crippen LogP contribution in [0.2, 0.25) is 0 Å². The number of esters is 1. The molecule has 2 saturated heterocycles. The van der Waals surface area contributed by atoms with E-state index in [0.717, 1.165) is 47.1 Å². The molecule has 1 aliphatic carbocycles. The molecule has 0 bridgehead atoms. The van der Waals surface area contributed by atoms with Crippen LogP contribution in [0.25, 0.3) is 0 Å². The minimum Gasteiger partial charge on any atom is -0.467 e. The number of carbonyl (C=O) groups excluding carboxylic acids is 3. The molecule has 6 rings (SSSR count). The van der Waals surface area contributed by atoms with Crippen molar-refractivity contribution >= 4 is 17.9 Å². The summed E-state index contributed by atoms with van der Waals surface area (Å²) in [6.07, 6.45) is 5.72. The monoisotopic (exact) mass is 768 g/mol. The molecule has 2 heterocycles. The Bertz CT molecular complexity index is 1750. The number of aliphatic hydroxyl groups excluding tert-OH is 1. The molecule has 11 heteroatoms. The topological polar surface area (TPSA) is 138 Å². The lowest BCUT2D eigenvalue weighted by atomic mass is 9.75. The Morgan fingerprint density at radius 3 is 2.21 bits per heavy atom. The van der Waals surface area contributed by atoms with E-state index in [0.29, 0.717) is 24.9 Å². The van der Waals surface area contributed by atoms with Gasteiger partial charge in [-0.3, -0.25) is 9.69 Å². The van der Waals surface area contributed by atoms with Gasteiger partial charge >= 0.3 is 12.0 Å². The van der Waals surface area contributed by atoms with E-state index in [1.165, 1.54) is 26.4 Å². The Morgan fingerprint density at radius 1 is 0.857 bits per heavy atom. The average molecular weight is 769 g/mol. The Labute approximate surface area is 331 Å². The van der Waals surface area contributed by atoms with Gasteiger partial charge in [0.05, 0.1) is 32.0 Å². The molecule has 8 atom stereocenters. The number of carbonyl (C=O) groups is 3. The Hall–Kier alpha value is -4.29. The fourth-order valence-corrected chi connectivity index (χ4v) is 8.63. The Balaban J connectivity index is 1.18. The fourth-order valence-electron chi connectivity index (χ4n) is 8.63. The molecule has 11 nitrogen and oxygen atoms in total. The smallest absolute Gasteiger partial charge is 0.328 e. The van der Waals surface area contributed by atoms with E-state index < -0.39 is 24.3 Å². The number of nitrogens with one attached hydrogen (secondary N) is 3. The van der Waals surface area contributed by atoms with Gasteiger partial charge in [0, 0.05) is 42.6 Å². The number of nitrogens with zero attached hydrogens (tertiary/aromatic N) is 1. The molecule has 3 aromatic rings.